The third-order valence-electron chi connectivity index (χ3n) is 4.27. The van der Waals surface area contributed by atoms with Gasteiger partial charge in [0.1, 0.15) is 17.0 Å². The predicted molar refractivity (Wildman–Crippen MR) is 114 cm³/mol. The van der Waals surface area contributed by atoms with E-state index in [4.69, 9.17) is 21.1 Å². The summed E-state index contributed by atoms with van der Waals surface area (Å²) in [6, 6.07) is 10.8. The first-order valence-electron chi connectivity index (χ1n) is 8.82. The first-order chi connectivity index (χ1) is 13.4. The van der Waals surface area contributed by atoms with Crippen LogP contribution in [0.1, 0.15) is 10.4 Å². The molecule has 0 aliphatic carbocycles. The van der Waals surface area contributed by atoms with Crippen LogP contribution in [0.2, 0.25) is 5.02 Å². The lowest BCUT2D eigenvalue weighted by Crippen LogP contribution is -3.06. The molecule has 6 nitrogen and oxygen atoms in total. The van der Waals surface area contributed by atoms with Crippen LogP contribution in [0.4, 0.5) is 5.13 Å². The van der Waals surface area contributed by atoms with Gasteiger partial charge >= 0.3 is 0 Å². The molecule has 0 saturated heterocycles. The Labute approximate surface area is 173 Å². The molecule has 28 heavy (non-hydrogen) atoms. The van der Waals surface area contributed by atoms with Gasteiger partial charge in [0, 0.05) is 11.6 Å². The minimum atomic E-state index is -0.159. The largest absolute Gasteiger partial charge is 0.497 e. The Kier molecular flexibility index (Phi) is 6.39. The molecule has 0 aliphatic rings. The first kappa shape index (κ1) is 20.4. The van der Waals surface area contributed by atoms with Crippen LogP contribution in [0.3, 0.4) is 0 Å². The molecule has 0 fully saturated rings. The number of aromatic nitrogens is 1. The second-order valence-corrected chi connectivity index (χ2v) is 8.01. The molecular weight excluding hydrogens is 398 g/mol. The number of methoxy groups -OCH3 is 2. The number of ether oxygens (including phenoxy) is 2. The SMILES string of the molecule is COc1cc(OC)cc(C(=O)N(CC[NH+](C)C)c2nc3c(Cl)cccc3s2)c1. The monoisotopic (exact) mass is 420 g/mol. The number of thiazole rings is 1. The van der Waals surface area contributed by atoms with Crippen LogP contribution in [0.15, 0.2) is 36.4 Å². The maximum absolute atomic E-state index is 13.4. The van der Waals surface area contributed by atoms with E-state index < -0.39 is 0 Å². The Morgan fingerprint density at radius 1 is 1.18 bits per heavy atom. The third-order valence-corrected chi connectivity index (χ3v) is 5.62. The molecule has 0 atom stereocenters. The number of hydrogen-bond donors (Lipinski definition) is 1. The highest BCUT2D eigenvalue weighted by atomic mass is 35.5. The zero-order valence-electron chi connectivity index (χ0n) is 16.3. The Morgan fingerprint density at radius 3 is 2.43 bits per heavy atom. The van der Waals surface area contributed by atoms with Gasteiger partial charge in [-0.1, -0.05) is 29.0 Å². The van der Waals surface area contributed by atoms with Crippen molar-refractivity contribution in [3.05, 3.63) is 47.0 Å². The van der Waals surface area contributed by atoms with Gasteiger partial charge in [-0.2, -0.15) is 0 Å². The maximum Gasteiger partial charge on any atom is 0.260 e. The number of carbonyl (C=O) groups is 1. The quantitative estimate of drug-likeness (QED) is 0.638. The molecule has 148 valence electrons. The molecule has 2 aromatic carbocycles. The van der Waals surface area contributed by atoms with Gasteiger partial charge in [-0.05, 0) is 24.3 Å². The van der Waals surface area contributed by atoms with Crippen molar-refractivity contribution in [2.45, 2.75) is 0 Å². The van der Waals surface area contributed by atoms with Crippen molar-refractivity contribution in [2.75, 3.05) is 46.3 Å². The van der Waals surface area contributed by atoms with Crippen molar-refractivity contribution < 1.29 is 19.2 Å². The number of carbonyl (C=O) groups excluding carboxylic acids is 1. The number of halogens is 1. The summed E-state index contributed by atoms with van der Waals surface area (Å²) >= 11 is 7.73. The highest BCUT2D eigenvalue weighted by Gasteiger charge is 2.24. The van der Waals surface area contributed by atoms with E-state index in [0.717, 1.165) is 11.2 Å². The number of likely N-dealkylation sites (N-methyl/N-ethyl adjacent to an activating group) is 1. The minimum absolute atomic E-state index is 0.159. The standard InChI is InChI=1S/C20H22ClN3O3S/c1-23(2)8-9-24(20-22-18-16(21)6-5-7-17(18)28-20)19(25)13-10-14(26-3)12-15(11-13)27-4/h5-7,10-12H,8-9H2,1-4H3/p+1. The molecule has 0 saturated carbocycles. The average Bonchev–Trinajstić information content (AvgIpc) is 3.12. The topological polar surface area (TPSA) is 56.1 Å². The van der Waals surface area contributed by atoms with E-state index in [1.54, 1.807) is 43.4 Å². The van der Waals surface area contributed by atoms with Crippen molar-refractivity contribution in [1.29, 1.82) is 0 Å². The van der Waals surface area contributed by atoms with Gasteiger partial charge in [0.25, 0.3) is 5.91 Å². The van der Waals surface area contributed by atoms with E-state index in [-0.39, 0.29) is 5.91 Å². The summed E-state index contributed by atoms with van der Waals surface area (Å²) in [4.78, 5) is 21.0. The van der Waals surface area contributed by atoms with Gasteiger partial charge in [-0.25, -0.2) is 4.98 Å². The molecule has 0 unspecified atom stereocenters. The normalized spacial score (nSPS) is 11.1. The number of anilines is 1. The fourth-order valence-corrected chi connectivity index (χ4v) is 4.01. The Balaban J connectivity index is 2.03. The Bertz CT molecular complexity index is 968. The number of fused-ring (bicyclic) bond motifs is 1. The van der Waals surface area contributed by atoms with E-state index in [2.05, 4.69) is 4.98 Å². The van der Waals surface area contributed by atoms with Crippen LogP contribution in [-0.4, -0.2) is 52.3 Å². The van der Waals surface area contributed by atoms with Crippen molar-refractivity contribution in [3.8, 4) is 11.5 Å². The zero-order valence-corrected chi connectivity index (χ0v) is 17.9. The average molecular weight is 421 g/mol. The van der Waals surface area contributed by atoms with Crippen molar-refractivity contribution in [1.82, 2.24) is 4.98 Å². The van der Waals surface area contributed by atoms with Crippen molar-refractivity contribution in [3.63, 3.8) is 0 Å². The summed E-state index contributed by atoms with van der Waals surface area (Å²) in [6.45, 7) is 1.30. The van der Waals surface area contributed by atoms with Crippen molar-refractivity contribution in [2.24, 2.45) is 0 Å². The second-order valence-electron chi connectivity index (χ2n) is 6.60. The van der Waals surface area contributed by atoms with Crippen LogP contribution in [0.5, 0.6) is 11.5 Å². The summed E-state index contributed by atoms with van der Waals surface area (Å²) < 4.78 is 11.6. The highest BCUT2D eigenvalue weighted by Crippen LogP contribution is 2.34. The van der Waals surface area contributed by atoms with Crippen LogP contribution >= 0.6 is 22.9 Å². The van der Waals surface area contributed by atoms with Gasteiger partial charge in [-0.3, -0.25) is 9.69 Å². The second kappa shape index (κ2) is 8.77. The summed E-state index contributed by atoms with van der Waals surface area (Å²) in [7, 11) is 7.22. The molecular formula is C20H23ClN3O3S+. The molecule has 0 radical (unpaired) electrons. The molecule has 1 aromatic heterocycles. The smallest absolute Gasteiger partial charge is 0.260 e. The molecule has 3 aromatic rings. The van der Waals surface area contributed by atoms with Crippen LogP contribution in [-0.2, 0) is 0 Å². The number of benzene rings is 2. The van der Waals surface area contributed by atoms with Gasteiger partial charge < -0.3 is 14.4 Å². The van der Waals surface area contributed by atoms with E-state index >= 15 is 0 Å². The lowest BCUT2D eigenvalue weighted by molar-refractivity contribution is -0.856. The maximum atomic E-state index is 13.4. The van der Waals surface area contributed by atoms with E-state index in [1.807, 2.05) is 26.2 Å². The minimum Gasteiger partial charge on any atom is -0.497 e. The van der Waals surface area contributed by atoms with Crippen molar-refractivity contribution >= 4 is 44.2 Å². The van der Waals surface area contributed by atoms with Gasteiger partial charge in [0.05, 0.1) is 51.1 Å². The predicted octanol–water partition coefficient (Wildman–Crippen LogP) is 2.76. The fraction of sp³-hybridized carbons (Fsp3) is 0.300. The van der Waals surface area contributed by atoms with E-state index in [1.165, 1.54) is 16.2 Å². The zero-order chi connectivity index (χ0) is 20.3. The molecule has 8 heteroatoms. The summed E-state index contributed by atoms with van der Waals surface area (Å²) in [5.41, 5.74) is 1.19. The first-order valence-corrected chi connectivity index (χ1v) is 10.0. The number of nitrogens with zero attached hydrogens (tertiary/aromatic N) is 2. The van der Waals surface area contributed by atoms with Crippen LogP contribution in [0, 0.1) is 0 Å². The number of amides is 1. The number of hydrogen-bond acceptors (Lipinski definition) is 5. The van der Waals surface area contributed by atoms with Gasteiger partial charge in [-0.15, -0.1) is 0 Å². The Hall–Kier alpha value is -2.35. The molecule has 1 amide bonds. The summed E-state index contributed by atoms with van der Waals surface area (Å²) in [6.07, 6.45) is 0. The molecule has 3 rings (SSSR count). The van der Waals surface area contributed by atoms with Crippen LogP contribution < -0.4 is 19.3 Å². The van der Waals surface area contributed by atoms with Crippen LogP contribution in [0.25, 0.3) is 10.2 Å². The number of quaternary nitrogens is 1. The highest BCUT2D eigenvalue weighted by molar-refractivity contribution is 7.22. The van der Waals surface area contributed by atoms with E-state index in [9.17, 15) is 4.79 Å². The molecule has 1 heterocycles. The molecule has 1 N–H and O–H groups in total. The Morgan fingerprint density at radius 2 is 1.86 bits per heavy atom. The van der Waals surface area contributed by atoms with E-state index in [0.29, 0.717) is 39.3 Å². The molecule has 0 bridgehead atoms. The number of rotatable bonds is 7. The molecule has 0 spiro atoms. The summed E-state index contributed by atoms with van der Waals surface area (Å²) in [5, 5.41) is 1.20. The fourth-order valence-electron chi connectivity index (χ4n) is 2.72. The van der Waals surface area contributed by atoms with Gasteiger partial charge in [0.2, 0.25) is 0 Å². The lowest BCUT2D eigenvalue weighted by Gasteiger charge is -2.21. The number of nitrogens with one attached hydrogen (secondary N) is 1. The molecule has 0 aliphatic heterocycles. The summed E-state index contributed by atoms with van der Waals surface area (Å²) in [5.74, 6) is 0.968. The number of para-hydroxylation sites is 1. The lowest BCUT2D eigenvalue weighted by atomic mass is 10.1. The third kappa shape index (κ3) is 4.38. The van der Waals surface area contributed by atoms with Gasteiger partial charge in [0.15, 0.2) is 5.13 Å².